The molecule has 0 spiro atoms. The molecule has 41 heavy (non-hydrogen) atoms. The number of benzene rings is 1. The number of amides is 1. The fourth-order valence-electron chi connectivity index (χ4n) is 5.02. The number of sulfonamides is 1. The third kappa shape index (κ3) is 5.25. The minimum atomic E-state index is -3.55. The van der Waals surface area contributed by atoms with Gasteiger partial charge in [0.2, 0.25) is 10.0 Å². The van der Waals surface area contributed by atoms with Crippen LogP contribution in [0.1, 0.15) is 28.4 Å². The number of pyridine rings is 3. The van der Waals surface area contributed by atoms with Crippen molar-refractivity contribution in [2.24, 2.45) is 0 Å². The zero-order valence-electron chi connectivity index (χ0n) is 22.4. The topological polar surface area (TPSA) is 127 Å². The van der Waals surface area contributed by atoms with Crippen molar-refractivity contribution in [2.45, 2.75) is 19.1 Å². The van der Waals surface area contributed by atoms with Crippen LogP contribution in [0, 0.1) is 0 Å². The molecule has 0 saturated heterocycles. The number of rotatable bonds is 9. The minimum Gasteiger partial charge on any atom is -0.493 e. The second-order valence-corrected chi connectivity index (χ2v) is 11.4. The molecule has 0 saturated carbocycles. The van der Waals surface area contributed by atoms with Crippen molar-refractivity contribution >= 4 is 38.9 Å². The average molecular weight is 573 g/mol. The SMILES string of the molecule is CCN1c2ncccc2NC(=O)c2cc(CCOc3cccc4c3CS(=O)(=O)N4CCOc3ccncc3)cnc21. The molecule has 0 bridgehead atoms. The predicted octanol–water partition coefficient (Wildman–Crippen LogP) is 3.95. The molecule has 210 valence electrons. The summed E-state index contributed by atoms with van der Waals surface area (Å²) in [6.45, 7) is 3.23. The lowest BCUT2D eigenvalue weighted by Crippen LogP contribution is -2.31. The van der Waals surface area contributed by atoms with E-state index in [2.05, 4.69) is 20.3 Å². The van der Waals surface area contributed by atoms with Crippen LogP contribution in [0.3, 0.4) is 0 Å². The zero-order valence-corrected chi connectivity index (χ0v) is 23.2. The van der Waals surface area contributed by atoms with Gasteiger partial charge in [-0.1, -0.05) is 6.07 Å². The summed E-state index contributed by atoms with van der Waals surface area (Å²) in [5.74, 6) is 1.95. The Kier molecular flexibility index (Phi) is 7.14. The van der Waals surface area contributed by atoms with Crippen molar-refractivity contribution in [3.05, 3.63) is 90.0 Å². The Morgan fingerprint density at radius 2 is 1.83 bits per heavy atom. The molecule has 2 aliphatic heterocycles. The summed E-state index contributed by atoms with van der Waals surface area (Å²) in [6, 6.07) is 14.2. The van der Waals surface area contributed by atoms with E-state index in [9.17, 15) is 13.2 Å². The van der Waals surface area contributed by atoms with Crippen LogP contribution in [-0.2, 0) is 22.2 Å². The van der Waals surface area contributed by atoms with Gasteiger partial charge in [0.05, 0.1) is 30.1 Å². The van der Waals surface area contributed by atoms with Crippen LogP contribution >= 0.6 is 0 Å². The van der Waals surface area contributed by atoms with Crippen LogP contribution < -0.4 is 24.0 Å². The fourth-order valence-corrected chi connectivity index (χ4v) is 6.65. The van der Waals surface area contributed by atoms with Gasteiger partial charge in [0.15, 0.2) is 5.82 Å². The molecule has 12 heteroatoms. The molecule has 1 amide bonds. The maximum absolute atomic E-state index is 13.0. The Labute approximate surface area is 237 Å². The van der Waals surface area contributed by atoms with Crippen molar-refractivity contribution in [3.63, 3.8) is 0 Å². The molecule has 4 aromatic rings. The first-order valence-electron chi connectivity index (χ1n) is 13.3. The average Bonchev–Trinajstić information content (AvgIpc) is 3.17. The van der Waals surface area contributed by atoms with Gasteiger partial charge in [0, 0.05) is 43.3 Å². The van der Waals surface area contributed by atoms with Crippen molar-refractivity contribution in [3.8, 4) is 11.5 Å². The molecule has 0 fully saturated rings. The highest BCUT2D eigenvalue weighted by Crippen LogP contribution is 2.39. The van der Waals surface area contributed by atoms with E-state index in [4.69, 9.17) is 9.47 Å². The zero-order chi connectivity index (χ0) is 28.4. The number of ether oxygens (including phenoxy) is 2. The molecule has 5 heterocycles. The Hall–Kier alpha value is -4.71. The summed E-state index contributed by atoms with van der Waals surface area (Å²) >= 11 is 0. The molecule has 2 aliphatic rings. The largest absolute Gasteiger partial charge is 0.493 e. The lowest BCUT2D eigenvalue weighted by molar-refractivity contribution is 0.102. The Morgan fingerprint density at radius 1 is 0.976 bits per heavy atom. The molecule has 6 rings (SSSR count). The minimum absolute atomic E-state index is 0.143. The molecule has 1 aromatic carbocycles. The molecular weight excluding hydrogens is 544 g/mol. The quantitative estimate of drug-likeness (QED) is 0.317. The molecule has 11 nitrogen and oxygen atoms in total. The molecule has 0 unspecified atom stereocenters. The number of fused-ring (bicyclic) bond motifs is 3. The summed E-state index contributed by atoms with van der Waals surface area (Å²) in [5, 5.41) is 2.93. The summed E-state index contributed by atoms with van der Waals surface area (Å²) < 4.78 is 39.1. The molecule has 1 N–H and O–H groups in total. The van der Waals surface area contributed by atoms with E-state index in [1.807, 2.05) is 24.0 Å². The first kappa shape index (κ1) is 26.5. The summed E-state index contributed by atoms with van der Waals surface area (Å²) in [6.07, 6.45) is 7.13. The first-order chi connectivity index (χ1) is 19.9. The molecule has 3 aromatic heterocycles. The third-order valence-corrected chi connectivity index (χ3v) is 8.64. The fraction of sp³-hybridized carbons (Fsp3) is 0.241. The normalized spacial score (nSPS) is 14.9. The highest BCUT2D eigenvalue weighted by molar-refractivity contribution is 7.92. The number of nitrogens with zero attached hydrogens (tertiary/aromatic N) is 5. The number of carbonyl (C=O) groups is 1. The van der Waals surface area contributed by atoms with Gasteiger partial charge < -0.3 is 19.7 Å². The van der Waals surface area contributed by atoms with E-state index in [0.29, 0.717) is 58.6 Å². The number of carbonyl (C=O) groups excluding carboxylic acids is 1. The van der Waals surface area contributed by atoms with Crippen molar-refractivity contribution in [1.82, 2.24) is 15.0 Å². The second kappa shape index (κ2) is 11.0. The maximum Gasteiger partial charge on any atom is 0.259 e. The van der Waals surface area contributed by atoms with E-state index < -0.39 is 10.0 Å². The monoisotopic (exact) mass is 572 g/mol. The third-order valence-electron chi connectivity index (χ3n) is 6.93. The van der Waals surface area contributed by atoms with Crippen molar-refractivity contribution in [2.75, 3.05) is 40.8 Å². The Bertz CT molecular complexity index is 1700. The summed E-state index contributed by atoms with van der Waals surface area (Å²) in [4.78, 5) is 28.0. The van der Waals surface area contributed by atoms with Gasteiger partial charge in [-0.15, -0.1) is 0 Å². The van der Waals surface area contributed by atoms with Gasteiger partial charge in [-0.3, -0.25) is 14.1 Å². The van der Waals surface area contributed by atoms with E-state index >= 15 is 0 Å². The van der Waals surface area contributed by atoms with Gasteiger partial charge in [-0.25, -0.2) is 18.4 Å². The van der Waals surface area contributed by atoms with E-state index in [1.165, 1.54) is 4.31 Å². The van der Waals surface area contributed by atoms with Crippen LogP contribution in [0.4, 0.5) is 23.0 Å². The first-order valence-corrected chi connectivity index (χ1v) is 14.9. The standard InChI is InChI=1S/C29H28N6O5S/c1-2-34-27-22(29(36)33-24-5-4-11-31-28(24)34)17-20(18-32-27)10-15-40-26-7-3-6-25-23(26)19-41(37,38)35(25)14-16-39-21-8-12-30-13-9-21/h3-9,11-13,17-18H,2,10,14-16,19H2,1H3,(H,33,36). The number of hydrogen-bond acceptors (Lipinski definition) is 9. The summed E-state index contributed by atoms with van der Waals surface area (Å²) in [7, 11) is -3.55. The van der Waals surface area contributed by atoms with E-state index in [0.717, 1.165) is 5.56 Å². The predicted molar refractivity (Wildman–Crippen MR) is 154 cm³/mol. The van der Waals surface area contributed by atoms with E-state index in [-0.39, 0.29) is 31.4 Å². The van der Waals surface area contributed by atoms with Gasteiger partial charge in [0.25, 0.3) is 5.91 Å². The van der Waals surface area contributed by atoms with Crippen LogP contribution in [-0.4, -0.2) is 55.6 Å². The number of aromatic nitrogens is 3. The molecule has 0 radical (unpaired) electrons. The lowest BCUT2D eigenvalue weighted by atomic mass is 10.1. The maximum atomic E-state index is 13.0. The van der Waals surface area contributed by atoms with Gasteiger partial charge in [-0.05, 0) is 55.0 Å². The molecular formula is C29H28N6O5S. The number of anilines is 4. The van der Waals surface area contributed by atoms with Gasteiger partial charge in [-0.2, -0.15) is 0 Å². The highest BCUT2D eigenvalue weighted by Gasteiger charge is 2.35. The lowest BCUT2D eigenvalue weighted by Gasteiger charge is -2.21. The molecule has 0 aliphatic carbocycles. The van der Waals surface area contributed by atoms with Crippen molar-refractivity contribution in [1.29, 1.82) is 0 Å². The van der Waals surface area contributed by atoms with Gasteiger partial charge >= 0.3 is 0 Å². The highest BCUT2D eigenvalue weighted by atomic mass is 32.2. The van der Waals surface area contributed by atoms with Gasteiger partial charge in [0.1, 0.15) is 29.7 Å². The Balaban J connectivity index is 1.14. The number of nitrogens with one attached hydrogen (secondary N) is 1. The Morgan fingerprint density at radius 3 is 2.66 bits per heavy atom. The number of hydrogen-bond donors (Lipinski definition) is 1. The smallest absolute Gasteiger partial charge is 0.259 e. The second-order valence-electron chi connectivity index (χ2n) is 9.50. The van der Waals surface area contributed by atoms with E-state index in [1.54, 1.807) is 61.2 Å². The molecule has 0 atom stereocenters. The van der Waals surface area contributed by atoms with Crippen LogP contribution in [0.2, 0.25) is 0 Å². The summed E-state index contributed by atoms with van der Waals surface area (Å²) in [5.41, 5.74) is 3.13. The van der Waals surface area contributed by atoms with Crippen molar-refractivity contribution < 1.29 is 22.7 Å². The van der Waals surface area contributed by atoms with Crippen LogP contribution in [0.5, 0.6) is 11.5 Å². The van der Waals surface area contributed by atoms with Crippen LogP contribution in [0.25, 0.3) is 0 Å². The van der Waals surface area contributed by atoms with Crippen LogP contribution in [0.15, 0.2) is 73.3 Å².